The molecule has 4 heavy (non-hydrogen) atoms. The molecule has 3 nitrogen and oxygen atoms in total. The number of nitrogens with zero attached hydrogens (tertiary/aromatic N) is 3. The molecule has 0 aromatic rings. The van der Waals surface area contributed by atoms with Crippen LogP contribution >= 0.6 is 0 Å². The first-order valence-electron chi connectivity index (χ1n) is 0.549. The van der Waals surface area contributed by atoms with Crippen molar-refractivity contribution in [3.8, 4) is 0 Å². The molecule has 0 fully saturated rings. The van der Waals surface area contributed by atoms with Crippen LogP contribution in [0.4, 0.5) is 0 Å². The molecular formula is N3Rh. The molecule has 0 aliphatic carbocycles. The zero-order valence-electron chi connectivity index (χ0n) is 1.67. The number of azide groups is 1. The SMILES string of the molecule is [N-]=[N+]=[N][Rh]. The van der Waals surface area contributed by atoms with Gasteiger partial charge in [0.05, 0.1) is 0 Å². The average molecular weight is 145 g/mol. The van der Waals surface area contributed by atoms with E-state index in [1.54, 1.807) is 0 Å². The summed E-state index contributed by atoms with van der Waals surface area (Å²) in [5.74, 6) is 0. The molecule has 0 saturated heterocycles. The second kappa shape index (κ2) is 2.93. The van der Waals surface area contributed by atoms with Crippen LogP contribution < -0.4 is 0 Å². The Morgan fingerprint density at radius 1 is 2.00 bits per heavy atom. The fourth-order valence-electron chi connectivity index (χ4n) is 0. The fourth-order valence-corrected chi connectivity index (χ4v) is 0. The molecule has 0 unspecified atom stereocenters. The fraction of sp³-hybridized carbons (Fsp3) is 0. The standard InChI is InChI=1S/N3.Rh/c1-3-2;/q-1;+1. The minimum atomic E-state index is 2.02. The number of hydrogen-bond acceptors (Lipinski definition) is 1. The van der Waals surface area contributed by atoms with Crippen molar-refractivity contribution in [2.24, 2.45) is 3.86 Å². The van der Waals surface area contributed by atoms with Crippen LogP contribution in [0.2, 0.25) is 0 Å². The van der Waals surface area contributed by atoms with Gasteiger partial charge >= 0.3 is 32.8 Å². The molecule has 0 aliphatic rings. The van der Waals surface area contributed by atoms with E-state index in [9.17, 15) is 0 Å². The van der Waals surface area contributed by atoms with Crippen LogP contribution in [0.25, 0.3) is 10.4 Å². The monoisotopic (exact) mass is 145 g/mol. The third-order valence-corrected chi connectivity index (χ3v) is 0.176. The first-order valence-corrected chi connectivity index (χ1v) is 1.28. The van der Waals surface area contributed by atoms with Gasteiger partial charge in [-0.1, -0.05) is 0 Å². The third kappa shape index (κ3) is 1.93. The van der Waals surface area contributed by atoms with Crippen LogP contribution in [0.5, 0.6) is 0 Å². The van der Waals surface area contributed by atoms with Crippen molar-refractivity contribution in [2.75, 3.05) is 0 Å². The molecule has 24 valence electrons. The van der Waals surface area contributed by atoms with E-state index < -0.39 is 0 Å². The Balaban J connectivity index is 3.11. The van der Waals surface area contributed by atoms with Crippen LogP contribution in [-0.2, 0) is 18.5 Å². The van der Waals surface area contributed by atoms with E-state index in [2.05, 4.69) is 8.77 Å². The molecule has 0 aliphatic heterocycles. The summed E-state index contributed by atoms with van der Waals surface area (Å²) in [7, 11) is 0. The molecule has 0 spiro atoms. The first kappa shape index (κ1) is 3.93. The van der Waals surface area contributed by atoms with Gasteiger partial charge in [0.25, 0.3) is 0 Å². The molecular weight excluding hydrogens is 145 g/mol. The Bertz CT molecular complexity index is 41.2. The molecule has 0 rings (SSSR count). The summed E-state index contributed by atoms with van der Waals surface area (Å²) in [6, 6.07) is 0. The maximum atomic E-state index is 7.31. The molecule has 0 N–H and O–H groups in total. The molecule has 0 aromatic heterocycles. The van der Waals surface area contributed by atoms with Gasteiger partial charge in [-0.15, -0.1) is 0 Å². The third-order valence-electron chi connectivity index (χ3n) is 0.0298. The zero-order chi connectivity index (χ0) is 3.41. The van der Waals surface area contributed by atoms with E-state index in [-0.39, 0.29) is 0 Å². The molecule has 0 radical (unpaired) electrons. The van der Waals surface area contributed by atoms with E-state index in [1.807, 2.05) is 18.5 Å². The van der Waals surface area contributed by atoms with Gasteiger partial charge in [-0.3, -0.25) is 0 Å². The molecule has 0 amide bonds. The van der Waals surface area contributed by atoms with Crippen molar-refractivity contribution in [3.63, 3.8) is 0 Å². The summed E-state index contributed by atoms with van der Waals surface area (Å²) in [4.78, 5) is 2.31. The van der Waals surface area contributed by atoms with Gasteiger partial charge in [-0.2, -0.15) is 0 Å². The van der Waals surface area contributed by atoms with Gasteiger partial charge in [0.15, 0.2) is 0 Å². The topological polar surface area (TPSA) is 48.8 Å². The van der Waals surface area contributed by atoms with Crippen molar-refractivity contribution in [1.82, 2.24) is 0 Å². The van der Waals surface area contributed by atoms with E-state index in [1.165, 1.54) is 0 Å². The Hall–Kier alpha value is -0.0666. The number of hydrogen-bond donors (Lipinski definition) is 0. The van der Waals surface area contributed by atoms with E-state index in [4.69, 9.17) is 5.53 Å². The first-order chi connectivity index (χ1) is 1.91. The summed E-state index contributed by atoms with van der Waals surface area (Å²) < 4.78 is 2.81. The zero-order valence-corrected chi connectivity index (χ0v) is 3.31. The summed E-state index contributed by atoms with van der Waals surface area (Å²) in [5, 5.41) is 0. The quantitative estimate of drug-likeness (QED) is 0.209. The Labute approximate surface area is 33.6 Å². The Morgan fingerprint density at radius 2 is 2.25 bits per heavy atom. The maximum absolute atomic E-state index is 7.31. The van der Waals surface area contributed by atoms with E-state index >= 15 is 0 Å². The summed E-state index contributed by atoms with van der Waals surface area (Å²) in [6.45, 7) is 0. The van der Waals surface area contributed by atoms with Crippen molar-refractivity contribution < 1.29 is 18.5 Å². The van der Waals surface area contributed by atoms with Crippen LogP contribution in [-0.4, -0.2) is 0 Å². The van der Waals surface area contributed by atoms with Gasteiger partial charge in [-0.05, 0) is 0 Å². The van der Waals surface area contributed by atoms with Crippen molar-refractivity contribution in [2.45, 2.75) is 0 Å². The molecule has 0 bridgehead atoms. The van der Waals surface area contributed by atoms with E-state index in [0.717, 1.165) is 0 Å². The van der Waals surface area contributed by atoms with Gasteiger partial charge in [-0.25, -0.2) is 0 Å². The molecule has 0 atom stereocenters. The second-order valence-electron chi connectivity index (χ2n) is 0.156. The van der Waals surface area contributed by atoms with Crippen molar-refractivity contribution >= 4 is 0 Å². The minimum absolute atomic E-state index is 2.02. The normalized spacial score (nSPS) is 4.50. The molecule has 0 heterocycles. The van der Waals surface area contributed by atoms with Crippen molar-refractivity contribution in [1.29, 1.82) is 0 Å². The van der Waals surface area contributed by atoms with Crippen LogP contribution in [0.1, 0.15) is 0 Å². The van der Waals surface area contributed by atoms with Gasteiger partial charge in [0.1, 0.15) is 0 Å². The van der Waals surface area contributed by atoms with E-state index in [0.29, 0.717) is 0 Å². The summed E-state index contributed by atoms with van der Waals surface area (Å²) >= 11 is 2.02. The van der Waals surface area contributed by atoms with Crippen LogP contribution in [0.15, 0.2) is 3.86 Å². The average Bonchev–Trinajstić information content (AvgIpc) is 1.37. The molecule has 0 saturated carbocycles. The van der Waals surface area contributed by atoms with Crippen molar-refractivity contribution in [3.05, 3.63) is 10.4 Å². The van der Waals surface area contributed by atoms with Gasteiger partial charge in [0.2, 0.25) is 0 Å². The number of rotatable bonds is 0. The summed E-state index contributed by atoms with van der Waals surface area (Å²) in [6.07, 6.45) is 0. The Morgan fingerprint density at radius 3 is 2.25 bits per heavy atom. The van der Waals surface area contributed by atoms with Crippen LogP contribution in [0, 0.1) is 0 Å². The van der Waals surface area contributed by atoms with Gasteiger partial charge < -0.3 is 0 Å². The van der Waals surface area contributed by atoms with Crippen LogP contribution in [0.3, 0.4) is 0 Å². The molecule has 4 heteroatoms. The predicted octanol–water partition coefficient (Wildman–Crippen LogP) is 0.759. The summed E-state index contributed by atoms with van der Waals surface area (Å²) in [5.41, 5.74) is 7.31. The second-order valence-corrected chi connectivity index (χ2v) is 0.484. The van der Waals surface area contributed by atoms with Gasteiger partial charge in [0, 0.05) is 0 Å². The predicted molar refractivity (Wildman–Crippen MR) is 9.15 cm³/mol. The Kier molecular flexibility index (Phi) is 2.88. The molecule has 0 aromatic carbocycles.